The maximum atomic E-state index is 12.8. The molecule has 1 aliphatic carbocycles. The average molecular weight is 326 g/mol. The molecule has 0 unspecified atom stereocenters. The molecule has 0 aromatic heterocycles. The van der Waals surface area contributed by atoms with Crippen LogP contribution in [0.1, 0.15) is 51.4 Å². The summed E-state index contributed by atoms with van der Waals surface area (Å²) in [5.74, 6) is 2.30. The van der Waals surface area contributed by atoms with Crippen molar-refractivity contribution in [2.75, 3.05) is 37.7 Å². The monoisotopic (exact) mass is 325 g/mol. The molecule has 3 aliphatic rings. The number of likely N-dealkylation sites (tertiary alicyclic amines) is 1. The van der Waals surface area contributed by atoms with Crippen molar-refractivity contribution in [2.24, 2.45) is 0 Å². The lowest BCUT2D eigenvalue weighted by molar-refractivity contribution is 0.156. The van der Waals surface area contributed by atoms with E-state index in [0.29, 0.717) is 12.1 Å². The van der Waals surface area contributed by atoms with E-state index in [4.69, 9.17) is 0 Å². The van der Waals surface area contributed by atoms with E-state index in [2.05, 4.69) is 15.1 Å². The number of carbonyl (C=O) groups is 1. The van der Waals surface area contributed by atoms with Gasteiger partial charge in [-0.1, -0.05) is 19.3 Å². The van der Waals surface area contributed by atoms with Crippen LogP contribution in [0.4, 0.5) is 4.79 Å². The Bertz CT molecular complexity index is 354. The van der Waals surface area contributed by atoms with Gasteiger partial charge in [0.05, 0.1) is 6.04 Å². The van der Waals surface area contributed by atoms with Crippen molar-refractivity contribution in [3.8, 4) is 0 Å². The molecule has 3 fully saturated rings. The molecule has 2 saturated heterocycles. The van der Waals surface area contributed by atoms with E-state index in [1.807, 2.05) is 11.8 Å². The van der Waals surface area contributed by atoms with Gasteiger partial charge >= 0.3 is 6.03 Å². The van der Waals surface area contributed by atoms with Gasteiger partial charge in [0.15, 0.2) is 0 Å². The predicted molar refractivity (Wildman–Crippen MR) is 93.5 cm³/mol. The minimum atomic E-state index is 0.207. The van der Waals surface area contributed by atoms with Gasteiger partial charge < -0.3 is 15.1 Å². The molecule has 0 aromatic rings. The van der Waals surface area contributed by atoms with Crippen molar-refractivity contribution in [3.05, 3.63) is 0 Å². The summed E-state index contributed by atoms with van der Waals surface area (Å²) < 4.78 is 0. The number of rotatable bonds is 3. The summed E-state index contributed by atoms with van der Waals surface area (Å²) in [5.41, 5.74) is 0. The molecule has 1 N–H and O–H groups in total. The number of carbonyl (C=O) groups excluding carboxylic acids is 1. The Balaban J connectivity index is 1.57. The quantitative estimate of drug-likeness (QED) is 0.866. The zero-order chi connectivity index (χ0) is 15.2. The smallest absolute Gasteiger partial charge is 0.317 e. The Morgan fingerprint density at radius 2 is 1.77 bits per heavy atom. The van der Waals surface area contributed by atoms with E-state index in [1.54, 1.807) is 0 Å². The number of nitrogens with zero attached hydrogens (tertiary/aromatic N) is 2. The van der Waals surface area contributed by atoms with Gasteiger partial charge in [-0.2, -0.15) is 11.8 Å². The Labute approximate surface area is 139 Å². The highest BCUT2D eigenvalue weighted by atomic mass is 32.2. The third-order valence-electron chi connectivity index (χ3n) is 5.30. The van der Waals surface area contributed by atoms with Gasteiger partial charge in [-0.3, -0.25) is 0 Å². The van der Waals surface area contributed by atoms with E-state index in [9.17, 15) is 4.79 Å². The molecule has 1 atom stereocenters. The molecule has 0 spiro atoms. The van der Waals surface area contributed by atoms with Crippen molar-refractivity contribution < 1.29 is 4.79 Å². The van der Waals surface area contributed by atoms with E-state index in [0.717, 1.165) is 25.3 Å². The Kier molecular flexibility index (Phi) is 6.30. The molecular weight excluding hydrogens is 294 g/mol. The fourth-order valence-corrected chi connectivity index (χ4v) is 5.07. The second-order valence-electron chi connectivity index (χ2n) is 7.07. The number of urea groups is 1. The highest BCUT2D eigenvalue weighted by molar-refractivity contribution is 7.99. The minimum absolute atomic E-state index is 0.207. The number of nitrogens with one attached hydrogen (secondary N) is 1. The molecular formula is C17H31N3OS. The molecule has 22 heavy (non-hydrogen) atoms. The molecule has 126 valence electrons. The van der Waals surface area contributed by atoms with Gasteiger partial charge in [0.2, 0.25) is 0 Å². The van der Waals surface area contributed by atoms with Crippen molar-refractivity contribution in [3.63, 3.8) is 0 Å². The lowest BCUT2D eigenvalue weighted by Crippen LogP contribution is -2.53. The minimum Gasteiger partial charge on any atom is -0.335 e. The topological polar surface area (TPSA) is 35.6 Å². The van der Waals surface area contributed by atoms with Gasteiger partial charge in [0.1, 0.15) is 0 Å². The second-order valence-corrected chi connectivity index (χ2v) is 8.22. The first-order valence-electron chi connectivity index (χ1n) is 9.20. The second kappa shape index (κ2) is 8.44. The standard InChI is InChI=1S/C17H31N3OS/c21-17(18-15-7-2-1-3-8-15)20-11-6-12-22-14-16(20)13-19-9-4-5-10-19/h15-16H,1-14H2,(H,18,21)/t16-/m0/s1. The molecule has 4 nitrogen and oxygen atoms in total. The molecule has 2 heterocycles. The van der Waals surface area contributed by atoms with E-state index in [1.165, 1.54) is 63.8 Å². The lowest BCUT2D eigenvalue weighted by Gasteiger charge is -2.34. The fourth-order valence-electron chi connectivity index (χ4n) is 4.02. The summed E-state index contributed by atoms with van der Waals surface area (Å²) in [5, 5.41) is 3.33. The number of thioether (sulfide) groups is 1. The van der Waals surface area contributed by atoms with Crippen molar-refractivity contribution in [1.29, 1.82) is 0 Å². The summed E-state index contributed by atoms with van der Waals surface area (Å²) in [7, 11) is 0. The Hall–Kier alpha value is -0.420. The highest BCUT2D eigenvalue weighted by Gasteiger charge is 2.29. The Morgan fingerprint density at radius 1 is 1.00 bits per heavy atom. The lowest BCUT2D eigenvalue weighted by atomic mass is 9.96. The van der Waals surface area contributed by atoms with Gasteiger partial charge in [-0.15, -0.1) is 0 Å². The van der Waals surface area contributed by atoms with Crippen LogP contribution >= 0.6 is 11.8 Å². The molecule has 5 heteroatoms. The maximum absolute atomic E-state index is 12.8. The number of amides is 2. The normalized spacial score (nSPS) is 28.5. The SMILES string of the molecule is O=C(NC1CCCCC1)N1CCCSC[C@@H]1CN1CCCC1. The molecule has 2 aliphatic heterocycles. The van der Waals surface area contributed by atoms with Crippen LogP contribution in [-0.2, 0) is 0 Å². The first-order chi connectivity index (χ1) is 10.8. The van der Waals surface area contributed by atoms with Crippen LogP contribution in [0.5, 0.6) is 0 Å². The van der Waals surface area contributed by atoms with Gasteiger partial charge in [0.25, 0.3) is 0 Å². The van der Waals surface area contributed by atoms with Crippen LogP contribution in [0.15, 0.2) is 0 Å². The number of hydrogen-bond acceptors (Lipinski definition) is 3. The molecule has 2 amide bonds. The summed E-state index contributed by atoms with van der Waals surface area (Å²) in [6.07, 6.45) is 10.0. The van der Waals surface area contributed by atoms with Crippen LogP contribution in [0, 0.1) is 0 Å². The van der Waals surface area contributed by atoms with Crippen LogP contribution in [0.25, 0.3) is 0 Å². The molecule has 0 radical (unpaired) electrons. The van der Waals surface area contributed by atoms with Crippen LogP contribution < -0.4 is 5.32 Å². The molecule has 0 bridgehead atoms. The summed E-state index contributed by atoms with van der Waals surface area (Å²) in [6, 6.07) is 1.03. The van der Waals surface area contributed by atoms with E-state index >= 15 is 0 Å². The number of hydrogen-bond donors (Lipinski definition) is 1. The third-order valence-corrected chi connectivity index (χ3v) is 6.50. The summed E-state index contributed by atoms with van der Waals surface area (Å²) >= 11 is 2.03. The Morgan fingerprint density at radius 3 is 2.55 bits per heavy atom. The molecule has 1 saturated carbocycles. The zero-order valence-electron chi connectivity index (χ0n) is 13.8. The fraction of sp³-hybridized carbons (Fsp3) is 0.941. The summed E-state index contributed by atoms with van der Waals surface area (Å²) in [6.45, 7) is 4.45. The van der Waals surface area contributed by atoms with Gasteiger partial charge in [-0.05, 0) is 50.9 Å². The zero-order valence-corrected chi connectivity index (χ0v) is 14.6. The average Bonchev–Trinajstić information content (AvgIpc) is 2.93. The first-order valence-corrected chi connectivity index (χ1v) is 10.4. The van der Waals surface area contributed by atoms with Crippen LogP contribution in [0.3, 0.4) is 0 Å². The van der Waals surface area contributed by atoms with Gasteiger partial charge in [0, 0.05) is 24.9 Å². The third kappa shape index (κ3) is 4.54. The highest BCUT2D eigenvalue weighted by Crippen LogP contribution is 2.21. The van der Waals surface area contributed by atoms with E-state index in [-0.39, 0.29) is 6.03 Å². The predicted octanol–water partition coefficient (Wildman–Crippen LogP) is 2.93. The van der Waals surface area contributed by atoms with Crippen molar-refractivity contribution in [1.82, 2.24) is 15.1 Å². The first kappa shape index (κ1) is 16.4. The van der Waals surface area contributed by atoms with Crippen molar-refractivity contribution >= 4 is 17.8 Å². The maximum Gasteiger partial charge on any atom is 0.317 e. The molecule has 3 rings (SSSR count). The molecule has 0 aromatic carbocycles. The largest absolute Gasteiger partial charge is 0.335 e. The van der Waals surface area contributed by atoms with Crippen LogP contribution in [-0.4, -0.2) is 65.6 Å². The van der Waals surface area contributed by atoms with Gasteiger partial charge in [-0.25, -0.2) is 4.79 Å². The van der Waals surface area contributed by atoms with Crippen molar-refractivity contribution in [2.45, 2.75) is 63.5 Å². The van der Waals surface area contributed by atoms with Crippen LogP contribution in [0.2, 0.25) is 0 Å². The summed E-state index contributed by atoms with van der Waals surface area (Å²) in [4.78, 5) is 17.5. The van der Waals surface area contributed by atoms with E-state index < -0.39 is 0 Å².